The second kappa shape index (κ2) is 10.6. The van der Waals surface area contributed by atoms with Crippen LogP contribution in [0.25, 0.3) is 10.9 Å². The van der Waals surface area contributed by atoms with Crippen molar-refractivity contribution in [2.24, 2.45) is 0 Å². The quantitative estimate of drug-likeness (QED) is 0.343. The highest BCUT2D eigenvalue weighted by Crippen LogP contribution is 2.44. The van der Waals surface area contributed by atoms with Crippen LogP contribution in [0.1, 0.15) is 37.3 Å². The molecule has 0 radical (unpaired) electrons. The Morgan fingerprint density at radius 1 is 1.14 bits per heavy atom. The average Bonchev–Trinajstić information content (AvgIpc) is 3.70. The molecule has 9 heteroatoms. The smallest absolute Gasteiger partial charge is 0.387 e. The van der Waals surface area contributed by atoms with Crippen molar-refractivity contribution in [2.45, 2.75) is 44.9 Å². The SMILES string of the molecule is CN(CC(F)=C1CCN(c2c(F)cc3c(=O)ccn(C4CC4)c3c2OC(F)F)CC1)Cc1ccccc1. The van der Waals surface area contributed by atoms with Gasteiger partial charge in [-0.1, -0.05) is 30.3 Å². The van der Waals surface area contributed by atoms with Gasteiger partial charge in [0, 0.05) is 37.9 Å². The van der Waals surface area contributed by atoms with Gasteiger partial charge in [-0.2, -0.15) is 8.78 Å². The Bertz CT molecular complexity index is 1360. The van der Waals surface area contributed by atoms with Gasteiger partial charge in [0.1, 0.15) is 11.5 Å². The number of aromatic nitrogens is 1. The monoisotopic (exact) mass is 515 g/mol. The van der Waals surface area contributed by atoms with E-state index in [0.29, 0.717) is 25.0 Å². The summed E-state index contributed by atoms with van der Waals surface area (Å²) in [6.07, 6.45) is 3.91. The summed E-state index contributed by atoms with van der Waals surface area (Å²) in [7, 11) is 1.85. The first kappa shape index (κ1) is 25.3. The molecular formula is C28H29F4N3O2. The van der Waals surface area contributed by atoms with Crippen LogP contribution in [-0.2, 0) is 6.54 Å². The Kier molecular flexibility index (Phi) is 7.24. The molecule has 1 aliphatic heterocycles. The molecule has 0 atom stereocenters. The Labute approximate surface area is 212 Å². The van der Waals surface area contributed by atoms with E-state index in [2.05, 4.69) is 0 Å². The van der Waals surface area contributed by atoms with Crippen molar-refractivity contribution < 1.29 is 22.3 Å². The van der Waals surface area contributed by atoms with Gasteiger partial charge in [0.25, 0.3) is 0 Å². The van der Waals surface area contributed by atoms with Gasteiger partial charge in [0.05, 0.1) is 17.4 Å². The highest BCUT2D eigenvalue weighted by molar-refractivity contribution is 5.91. The third-order valence-corrected chi connectivity index (χ3v) is 7.01. The highest BCUT2D eigenvalue weighted by atomic mass is 19.3. The van der Waals surface area contributed by atoms with E-state index >= 15 is 8.78 Å². The summed E-state index contributed by atoms with van der Waals surface area (Å²) >= 11 is 0. The topological polar surface area (TPSA) is 37.7 Å². The molecule has 1 saturated heterocycles. The fraction of sp³-hybridized carbons (Fsp3) is 0.393. The van der Waals surface area contributed by atoms with Crippen LogP contribution in [0.3, 0.4) is 0 Å². The van der Waals surface area contributed by atoms with Crippen molar-refractivity contribution in [2.75, 3.05) is 31.6 Å². The maximum absolute atomic E-state index is 15.4. The van der Waals surface area contributed by atoms with Crippen LogP contribution < -0.4 is 15.1 Å². The predicted octanol–water partition coefficient (Wildman–Crippen LogP) is 6.03. The third-order valence-electron chi connectivity index (χ3n) is 7.01. The number of benzene rings is 2. The van der Waals surface area contributed by atoms with E-state index in [1.54, 1.807) is 15.7 Å². The molecule has 0 spiro atoms. The van der Waals surface area contributed by atoms with E-state index in [0.717, 1.165) is 24.5 Å². The first-order valence-electron chi connectivity index (χ1n) is 12.5. The molecule has 2 aliphatic rings. The number of pyridine rings is 1. The number of likely N-dealkylation sites (N-methyl/N-ethyl adjacent to an activating group) is 1. The Morgan fingerprint density at radius 2 is 1.84 bits per heavy atom. The summed E-state index contributed by atoms with van der Waals surface area (Å²) < 4.78 is 64.1. The van der Waals surface area contributed by atoms with Crippen molar-refractivity contribution in [3.8, 4) is 5.75 Å². The lowest BCUT2D eigenvalue weighted by molar-refractivity contribution is -0.0488. The molecule has 2 aromatic carbocycles. The summed E-state index contributed by atoms with van der Waals surface area (Å²) in [5, 5.41) is 0.0105. The van der Waals surface area contributed by atoms with E-state index in [1.807, 2.05) is 42.3 Å². The van der Waals surface area contributed by atoms with Crippen LogP contribution in [0.15, 0.2) is 64.9 Å². The molecule has 37 heavy (non-hydrogen) atoms. The molecule has 3 aromatic rings. The zero-order valence-corrected chi connectivity index (χ0v) is 20.6. The molecule has 5 nitrogen and oxygen atoms in total. The van der Waals surface area contributed by atoms with Crippen molar-refractivity contribution in [3.63, 3.8) is 0 Å². The lowest BCUT2D eigenvalue weighted by Gasteiger charge is -2.33. The second-order valence-electron chi connectivity index (χ2n) is 9.78. The van der Waals surface area contributed by atoms with Crippen LogP contribution in [0.5, 0.6) is 5.75 Å². The molecule has 196 valence electrons. The summed E-state index contributed by atoms with van der Waals surface area (Å²) in [6.45, 7) is -1.94. The molecule has 1 saturated carbocycles. The Morgan fingerprint density at radius 3 is 2.49 bits per heavy atom. The van der Waals surface area contributed by atoms with Gasteiger partial charge in [-0.05, 0) is 49.9 Å². The van der Waals surface area contributed by atoms with Gasteiger partial charge in [-0.25, -0.2) is 8.78 Å². The van der Waals surface area contributed by atoms with Gasteiger partial charge >= 0.3 is 6.61 Å². The predicted molar refractivity (Wildman–Crippen MR) is 135 cm³/mol. The number of rotatable bonds is 8. The first-order valence-corrected chi connectivity index (χ1v) is 12.5. The Hall–Kier alpha value is -3.33. The Balaban J connectivity index is 1.40. The molecule has 0 bridgehead atoms. The van der Waals surface area contributed by atoms with Crippen molar-refractivity contribution in [1.82, 2.24) is 9.47 Å². The number of hydrogen-bond acceptors (Lipinski definition) is 4. The van der Waals surface area contributed by atoms with Crippen LogP contribution in [0, 0.1) is 5.82 Å². The maximum atomic E-state index is 15.4. The number of alkyl halides is 2. The largest absolute Gasteiger partial charge is 0.430 e. The van der Waals surface area contributed by atoms with Gasteiger partial charge in [0.2, 0.25) is 0 Å². The van der Waals surface area contributed by atoms with E-state index in [4.69, 9.17) is 4.74 Å². The minimum Gasteiger partial charge on any atom is -0.430 e. The number of nitrogens with zero attached hydrogens (tertiary/aromatic N) is 3. The van der Waals surface area contributed by atoms with Crippen LogP contribution in [0.4, 0.5) is 23.2 Å². The number of fused-ring (bicyclic) bond motifs is 1. The number of piperidine rings is 1. The van der Waals surface area contributed by atoms with Crippen molar-refractivity contribution in [1.29, 1.82) is 0 Å². The molecule has 2 fully saturated rings. The first-order chi connectivity index (χ1) is 17.8. The molecule has 1 aromatic heterocycles. The van der Waals surface area contributed by atoms with E-state index in [1.165, 1.54) is 6.07 Å². The highest BCUT2D eigenvalue weighted by Gasteiger charge is 2.31. The number of anilines is 1. The fourth-order valence-corrected chi connectivity index (χ4v) is 5.09. The molecule has 2 heterocycles. The molecule has 5 rings (SSSR count). The second-order valence-corrected chi connectivity index (χ2v) is 9.78. The van der Waals surface area contributed by atoms with Crippen LogP contribution in [0.2, 0.25) is 0 Å². The maximum Gasteiger partial charge on any atom is 0.387 e. The summed E-state index contributed by atoms with van der Waals surface area (Å²) in [5.74, 6) is -1.35. The number of hydrogen-bond donors (Lipinski definition) is 0. The average molecular weight is 516 g/mol. The van der Waals surface area contributed by atoms with Gasteiger partial charge < -0.3 is 14.2 Å². The summed E-state index contributed by atoms with van der Waals surface area (Å²) in [4.78, 5) is 16.0. The van der Waals surface area contributed by atoms with E-state index in [-0.39, 0.29) is 53.8 Å². The summed E-state index contributed by atoms with van der Waals surface area (Å²) in [6, 6.07) is 12.3. The van der Waals surface area contributed by atoms with Gasteiger partial charge in [0.15, 0.2) is 17.0 Å². The third kappa shape index (κ3) is 5.51. The lowest BCUT2D eigenvalue weighted by Crippen LogP contribution is -2.33. The van der Waals surface area contributed by atoms with Gasteiger partial charge in [-0.15, -0.1) is 0 Å². The molecule has 0 N–H and O–H groups in total. The van der Waals surface area contributed by atoms with Gasteiger partial charge in [-0.3, -0.25) is 9.69 Å². The standard InChI is InChI=1S/C28H29F4N3O2/c1-33(16-18-5-3-2-4-6-18)17-23(30)19-9-12-34(13-10-19)26-22(29)15-21-24(36)11-14-35(20-7-8-20)25(21)27(26)37-28(31)32/h2-6,11,14-15,20,28H,7-10,12-13,16-17H2,1H3. The van der Waals surface area contributed by atoms with E-state index < -0.39 is 17.9 Å². The minimum absolute atomic E-state index is 0.0105. The van der Waals surface area contributed by atoms with Crippen LogP contribution >= 0.6 is 0 Å². The molecule has 1 aliphatic carbocycles. The zero-order chi connectivity index (χ0) is 26.1. The molecule has 0 unspecified atom stereocenters. The summed E-state index contributed by atoms with van der Waals surface area (Å²) in [5.41, 5.74) is 1.35. The van der Waals surface area contributed by atoms with Crippen molar-refractivity contribution in [3.05, 3.63) is 81.7 Å². The minimum atomic E-state index is -3.19. The number of halogens is 4. The number of ether oxygens (including phenoxy) is 1. The lowest BCUT2D eigenvalue weighted by atomic mass is 10.0. The normalized spacial score (nSPS) is 16.2. The fourth-order valence-electron chi connectivity index (χ4n) is 5.09. The zero-order valence-electron chi connectivity index (χ0n) is 20.6. The molecule has 0 amide bonds. The van der Waals surface area contributed by atoms with E-state index in [9.17, 15) is 13.6 Å². The van der Waals surface area contributed by atoms with Crippen molar-refractivity contribution >= 4 is 16.6 Å². The van der Waals surface area contributed by atoms with Crippen LogP contribution in [-0.4, -0.2) is 42.8 Å². The molecular weight excluding hydrogens is 486 g/mol.